The van der Waals surface area contributed by atoms with E-state index in [-0.39, 0.29) is 17.9 Å². The van der Waals surface area contributed by atoms with Crippen molar-refractivity contribution in [2.75, 3.05) is 13.2 Å². The van der Waals surface area contributed by atoms with Crippen LogP contribution in [0.3, 0.4) is 0 Å². The highest BCUT2D eigenvalue weighted by atomic mass is 16.7. The molecule has 2 aliphatic heterocycles. The van der Waals surface area contributed by atoms with Crippen molar-refractivity contribution in [1.29, 1.82) is 0 Å². The third kappa shape index (κ3) is 4.74. The third-order valence-corrected chi connectivity index (χ3v) is 4.84. The van der Waals surface area contributed by atoms with Gasteiger partial charge in [0.1, 0.15) is 48.5 Å². The average molecular weight is 416 g/mol. The Morgan fingerprint density at radius 2 is 1.62 bits per heavy atom. The minimum Gasteiger partial charge on any atom is -0.461 e. The predicted molar refractivity (Wildman–Crippen MR) is 92.9 cm³/mol. The van der Waals surface area contributed by atoms with Crippen LogP contribution < -0.4 is 4.74 Å². The Hall–Kier alpha value is -1.67. The summed E-state index contributed by atoms with van der Waals surface area (Å²) < 4.78 is 21.4. The second-order valence-corrected chi connectivity index (χ2v) is 6.87. The van der Waals surface area contributed by atoms with Crippen LogP contribution in [0.5, 0.6) is 5.75 Å². The maximum atomic E-state index is 11.1. The minimum absolute atomic E-state index is 0.109. The number of aldehydes is 1. The summed E-state index contributed by atoms with van der Waals surface area (Å²) in [5.74, 6) is 0.109. The lowest BCUT2D eigenvalue weighted by molar-refractivity contribution is -0.307. The molecule has 6 N–H and O–H groups in total. The molecular weight excluding hydrogens is 392 g/mol. The van der Waals surface area contributed by atoms with Crippen molar-refractivity contribution >= 4 is 6.29 Å². The number of hydrogen-bond donors (Lipinski definition) is 6. The van der Waals surface area contributed by atoms with Gasteiger partial charge in [0.05, 0.1) is 18.8 Å². The van der Waals surface area contributed by atoms with E-state index in [1.54, 1.807) is 12.1 Å². The molecule has 0 bridgehead atoms. The van der Waals surface area contributed by atoms with E-state index in [1.807, 2.05) is 0 Å². The monoisotopic (exact) mass is 416 g/mol. The van der Waals surface area contributed by atoms with Crippen molar-refractivity contribution in [3.05, 3.63) is 29.8 Å². The van der Waals surface area contributed by atoms with Crippen LogP contribution in [0.15, 0.2) is 24.3 Å². The van der Waals surface area contributed by atoms with E-state index in [4.69, 9.17) is 18.9 Å². The highest BCUT2D eigenvalue weighted by molar-refractivity contribution is 5.79. The summed E-state index contributed by atoms with van der Waals surface area (Å²) in [7, 11) is 0. The van der Waals surface area contributed by atoms with Crippen molar-refractivity contribution in [3.63, 3.8) is 0 Å². The lowest BCUT2D eigenvalue weighted by atomic mass is 9.99. The summed E-state index contributed by atoms with van der Waals surface area (Å²) in [6.45, 7) is -0.669. The first-order valence-electron chi connectivity index (χ1n) is 9.01. The Labute approximate surface area is 165 Å². The molecule has 0 saturated carbocycles. The van der Waals surface area contributed by atoms with E-state index < -0.39 is 61.9 Å². The molecule has 0 amide bonds. The molecule has 11 heteroatoms. The molecule has 2 fully saturated rings. The molecule has 162 valence electrons. The van der Waals surface area contributed by atoms with Crippen molar-refractivity contribution in [3.8, 4) is 5.75 Å². The number of aliphatic hydroxyl groups is 6. The van der Waals surface area contributed by atoms with Gasteiger partial charge in [-0.25, -0.2) is 0 Å². The molecule has 0 spiro atoms. The van der Waals surface area contributed by atoms with E-state index in [2.05, 4.69) is 0 Å². The molecular formula is C18H24O11. The van der Waals surface area contributed by atoms with E-state index >= 15 is 0 Å². The number of benzene rings is 1. The molecule has 9 unspecified atom stereocenters. The molecule has 0 radical (unpaired) electrons. The molecule has 3 rings (SSSR count). The lowest BCUT2D eigenvalue weighted by Gasteiger charge is -2.41. The fraction of sp³-hybridized carbons (Fsp3) is 0.611. The first-order chi connectivity index (χ1) is 13.8. The summed E-state index contributed by atoms with van der Waals surface area (Å²) >= 11 is 0. The van der Waals surface area contributed by atoms with Gasteiger partial charge < -0.3 is 49.6 Å². The van der Waals surface area contributed by atoms with Gasteiger partial charge in [0.15, 0.2) is 12.6 Å². The largest absolute Gasteiger partial charge is 0.461 e. The van der Waals surface area contributed by atoms with Gasteiger partial charge in [-0.05, 0) is 12.1 Å². The van der Waals surface area contributed by atoms with Gasteiger partial charge in [-0.1, -0.05) is 12.1 Å². The number of ether oxygens (including phenoxy) is 4. The fourth-order valence-corrected chi connectivity index (χ4v) is 3.08. The summed E-state index contributed by atoms with van der Waals surface area (Å²) in [5, 5.41) is 59.5. The van der Waals surface area contributed by atoms with Crippen LogP contribution in [-0.2, 0) is 14.2 Å². The number of carbonyl (C=O) groups excluding carboxylic acids is 1. The van der Waals surface area contributed by atoms with Gasteiger partial charge in [-0.2, -0.15) is 0 Å². The quantitative estimate of drug-likeness (QED) is 0.263. The first kappa shape index (κ1) is 22.0. The number of para-hydroxylation sites is 1. The topological polar surface area (TPSA) is 175 Å². The van der Waals surface area contributed by atoms with Crippen LogP contribution in [0, 0.1) is 0 Å². The van der Waals surface area contributed by atoms with Crippen LogP contribution in [0.1, 0.15) is 10.4 Å². The highest BCUT2D eigenvalue weighted by Crippen LogP contribution is 2.27. The second-order valence-electron chi connectivity index (χ2n) is 6.87. The number of carbonyl (C=O) groups is 1. The zero-order valence-corrected chi connectivity index (χ0v) is 15.2. The number of hydrogen-bond acceptors (Lipinski definition) is 11. The molecule has 2 aliphatic rings. The minimum atomic E-state index is -1.64. The van der Waals surface area contributed by atoms with Crippen molar-refractivity contribution < 1.29 is 54.4 Å². The van der Waals surface area contributed by atoms with Crippen molar-refractivity contribution in [1.82, 2.24) is 0 Å². The number of aliphatic hydroxyl groups excluding tert-OH is 6. The van der Waals surface area contributed by atoms with Gasteiger partial charge in [0.25, 0.3) is 0 Å². The summed E-state index contributed by atoms with van der Waals surface area (Å²) in [4.78, 5) is 11.1. The summed E-state index contributed by atoms with van der Waals surface area (Å²) in [6.07, 6.45) is -12.5. The highest BCUT2D eigenvalue weighted by Gasteiger charge is 2.46. The van der Waals surface area contributed by atoms with Crippen LogP contribution in [0.25, 0.3) is 0 Å². The van der Waals surface area contributed by atoms with Crippen molar-refractivity contribution in [2.24, 2.45) is 0 Å². The molecule has 0 aliphatic carbocycles. The van der Waals surface area contributed by atoms with Gasteiger partial charge >= 0.3 is 0 Å². The Kier molecular flexibility index (Phi) is 7.16. The molecule has 0 aromatic heterocycles. The van der Waals surface area contributed by atoms with Crippen LogP contribution >= 0.6 is 0 Å². The van der Waals surface area contributed by atoms with Crippen LogP contribution in [-0.4, -0.2) is 105 Å². The van der Waals surface area contributed by atoms with Gasteiger partial charge in [-0.3, -0.25) is 4.79 Å². The average Bonchev–Trinajstić information content (AvgIpc) is 2.73. The van der Waals surface area contributed by atoms with E-state index in [1.165, 1.54) is 12.1 Å². The summed E-state index contributed by atoms with van der Waals surface area (Å²) in [5.41, 5.74) is 0.197. The van der Waals surface area contributed by atoms with Gasteiger partial charge in [0.2, 0.25) is 6.29 Å². The van der Waals surface area contributed by atoms with E-state index in [0.717, 1.165) is 0 Å². The Bertz CT molecular complexity index is 686. The fourth-order valence-electron chi connectivity index (χ4n) is 3.08. The smallest absolute Gasteiger partial charge is 0.229 e. The first-order valence-corrected chi connectivity index (χ1v) is 9.01. The molecule has 2 heterocycles. The molecule has 1 aromatic rings. The molecule has 9 atom stereocenters. The zero-order valence-electron chi connectivity index (χ0n) is 15.2. The zero-order chi connectivity index (χ0) is 21.1. The van der Waals surface area contributed by atoms with Crippen LogP contribution in [0.4, 0.5) is 0 Å². The molecule has 2 saturated heterocycles. The predicted octanol–water partition coefficient (Wildman–Crippen LogP) is -2.86. The number of rotatable bonds is 6. The lowest BCUT2D eigenvalue weighted by Crippen LogP contribution is -2.61. The SMILES string of the molecule is O=Cc1ccccc1OC1OC(COC2OCC(O)C(O)C2O)C(O)C(O)C1O. The van der Waals surface area contributed by atoms with Gasteiger partial charge in [0, 0.05) is 0 Å². The second kappa shape index (κ2) is 9.43. The maximum absolute atomic E-state index is 11.1. The van der Waals surface area contributed by atoms with Crippen LogP contribution in [0.2, 0.25) is 0 Å². The van der Waals surface area contributed by atoms with E-state index in [0.29, 0.717) is 6.29 Å². The summed E-state index contributed by atoms with van der Waals surface area (Å²) in [6, 6.07) is 6.18. The Balaban J connectivity index is 1.65. The normalized spacial score (nSPS) is 40.4. The molecule has 29 heavy (non-hydrogen) atoms. The maximum Gasteiger partial charge on any atom is 0.229 e. The molecule has 11 nitrogen and oxygen atoms in total. The van der Waals surface area contributed by atoms with Gasteiger partial charge in [-0.15, -0.1) is 0 Å². The van der Waals surface area contributed by atoms with Crippen molar-refractivity contribution in [2.45, 2.75) is 55.3 Å². The van der Waals surface area contributed by atoms with E-state index in [9.17, 15) is 35.4 Å². The molecule has 1 aromatic carbocycles. The Morgan fingerprint density at radius 1 is 0.931 bits per heavy atom. The standard InChI is InChI=1S/C18H24O11/c19-5-8-3-1-2-4-10(8)28-18-16(25)14(23)13(22)11(29-18)7-27-17-15(24)12(21)9(20)6-26-17/h1-5,9,11-18,20-25H,6-7H2. The Morgan fingerprint density at radius 3 is 2.34 bits per heavy atom. The third-order valence-electron chi connectivity index (χ3n) is 4.84.